The van der Waals surface area contributed by atoms with Gasteiger partial charge in [0.05, 0.1) is 33.4 Å². The summed E-state index contributed by atoms with van der Waals surface area (Å²) in [5.74, 6) is 0.667. The van der Waals surface area contributed by atoms with Crippen molar-refractivity contribution in [3.05, 3.63) is 29.3 Å². The van der Waals surface area contributed by atoms with Crippen molar-refractivity contribution in [1.82, 2.24) is 0 Å². The molecule has 0 N–H and O–H groups in total. The Kier molecular flexibility index (Phi) is 4.43. The predicted molar refractivity (Wildman–Crippen MR) is 71.4 cm³/mol. The third-order valence-corrected chi connectivity index (χ3v) is 3.52. The summed E-state index contributed by atoms with van der Waals surface area (Å²) in [4.78, 5) is 12.0. The first kappa shape index (κ1) is 13.9. The molecule has 1 aromatic rings. The van der Waals surface area contributed by atoms with E-state index in [-0.39, 0.29) is 11.9 Å². The highest BCUT2D eigenvalue weighted by Gasteiger charge is 2.31. The van der Waals surface area contributed by atoms with Crippen LogP contribution in [0.1, 0.15) is 23.5 Å². The third kappa shape index (κ3) is 3.07. The number of hydrogen-bond acceptors (Lipinski definition) is 4. The smallest absolute Gasteiger partial charge is 0.313 e. The van der Waals surface area contributed by atoms with E-state index in [2.05, 4.69) is 0 Å². The molecule has 0 aromatic heterocycles. The van der Waals surface area contributed by atoms with Gasteiger partial charge in [-0.1, -0.05) is 17.7 Å². The van der Waals surface area contributed by atoms with Crippen molar-refractivity contribution in [1.29, 1.82) is 0 Å². The van der Waals surface area contributed by atoms with Crippen LogP contribution in [-0.4, -0.2) is 33.4 Å². The van der Waals surface area contributed by atoms with E-state index < -0.39 is 0 Å². The standard InChI is InChI=1S/C15H20O4/c1-10-4-5-14(17-2)12(6-10)13(15(16)18-3)7-11-8-19-9-11/h4-6,11,13H,7-9H2,1-3H3. The van der Waals surface area contributed by atoms with Crippen molar-refractivity contribution >= 4 is 5.97 Å². The minimum absolute atomic E-state index is 0.212. The first-order chi connectivity index (χ1) is 9.15. The van der Waals surface area contributed by atoms with Crippen molar-refractivity contribution in [2.24, 2.45) is 5.92 Å². The Morgan fingerprint density at radius 1 is 1.42 bits per heavy atom. The molecule has 0 aliphatic carbocycles. The zero-order chi connectivity index (χ0) is 13.8. The summed E-state index contributed by atoms with van der Waals surface area (Å²) in [5, 5.41) is 0. The van der Waals surface area contributed by atoms with Crippen molar-refractivity contribution in [2.45, 2.75) is 19.3 Å². The number of esters is 1. The molecule has 0 spiro atoms. The van der Waals surface area contributed by atoms with E-state index in [0.717, 1.165) is 36.5 Å². The topological polar surface area (TPSA) is 44.8 Å². The zero-order valence-electron chi connectivity index (χ0n) is 11.6. The highest BCUT2D eigenvalue weighted by molar-refractivity contribution is 5.79. The molecule has 4 heteroatoms. The molecule has 1 atom stereocenters. The molecular weight excluding hydrogens is 244 g/mol. The summed E-state index contributed by atoms with van der Waals surface area (Å²) < 4.78 is 15.5. The molecule has 1 aliphatic rings. The van der Waals surface area contributed by atoms with E-state index in [4.69, 9.17) is 14.2 Å². The fourth-order valence-corrected chi connectivity index (χ4v) is 2.37. The van der Waals surface area contributed by atoms with Crippen LogP contribution in [0, 0.1) is 12.8 Å². The van der Waals surface area contributed by atoms with E-state index in [1.165, 1.54) is 7.11 Å². The lowest BCUT2D eigenvalue weighted by molar-refractivity contribution is -0.144. The van der Waals surface area contributed by atoms with Crippen molar-refractivity contribution in [2.75, 3.05) is 27.4 Å². The molecule has 19 heavy (non-hydrogen) atoms. The van der Waals surface area contributed by atoms with E-state index >= 15 is 0 Å². The summed E-state index contributed by atoms with van der Waals surface area (Å²) in [6, 6.07) is 5.88. The van der Waals surface area contributed by atoms with Crippen molar-refractivity contribution < 1.29 is 19.0 Å². The van der Waals surface area contributed by atoms with Gasteiger partial charge in [-0.15, -0.1) is 0 Å². The molecule has 0 amide bonds. The van der Waals surface area contributed by atoms with Crippen molar-refractivity contribution in [3.63, 3.8) is 0 Å². The molecule has 0 saturated carbocycles. The first-order valence-electron chi connectivity index (χ1n) is 6.45. The average Bonchev–Trinajstić information content (AvgIpc) is 2.37. The van der Waals surface area contributed by atoms with E-state index in [1.54, 1.807) is 7.11 Å². The molecule has 1 heterocycles. The summed E-state index contributed by atoms with van der Waals surface area (Å²) in [6.07, 6.45) is 0.743. The Hall–Kier alpha value is -1.55. The minimum atomic E-state index is -0.284. The van der Waals surface area contributed by atoms with E-state index in [0.29, 0.717) is 5.92 Å². The molecule has 0 bridgehead atoms. The van der Waals surface area contributed by atoms with Gasteiger partial charge >= 0.3 is 5.97 Å². The van der Waals surface area contributed by atoms with Gasteiger partial charge in [-0.2, -0.15) is 0 Å². The van der Waals surface area contributed by atoms with Crippen LogP contribution < -0.4 is 4.74 Å². The molecule has 1 fully saturated rings. The van der Waals surface area contributed by atoms with Crippen LogP contribution in [0.15, 0.2) is 18.2 Å². The zero-order valence-corrected chi connectivity index (χ0v) is 11.6. The Balaban J connectivity index is 2.29. The number of hydrogen-bond donors (Lipinski definition) is 0. The third-order valence-electron chi connectivity index (χ3n) is 3.52. The van der Waals surface area contributed by atoms with Gasteiger partial charge < -0.3 is 14.2 Å². The van der Waals surface area contributed by atoms with E-state index in [1.807, 2.05) is 25.1 Å². The Bertz CT molecular complexity index is 451. The maximum Gasteiger partial charge on any atom is 0.313 e. The van der Waals surface area contributed by atoms with Crippen LogP contribution in [0.5, 0.6) is 5.75 Å². The van der Waals surface area contributed by atoms with Crippen LogP contribution in [0.3, 0.4) is 0 Å². The maximum atomic E-state index is 12.0. The quantitative estimate of drug-likeness (QED) is 0.765. The van der Waals surface area contributed by atoms with Crippen molar-refractivity contribution in [3.8, 4) is 5.75 Å². The Labute approximate surface area is 113 Å². The van der Waals surface area contributed by atoms with Gasteiger partial charge in [0.25, 0.3) is 0 Å². The summed E-state index contributed by atoms with van der Waals surface area (Å²) >= 11 is 0. The number of carbonyl (C=O) groups is 1. The largest absolute Gasteiger partial charge is 0.496 e. The molecule has 1 aromatic carbocycles. The van der Waals surface area contributed by atoms with Gasteiger partial charge in [0, 0.05) is 11.5 Å². The molecule has 2 rings (SSSR count). The number of methoxy groups -OCH3 is 2. The number of aryl methyl sites for hydroxylation is 1. The molecule has 1 saturated heterocycles. The number of rotatable bonds is 5. The summed E-state index contributed by atoms with van der Waals surface area (Å²) in [7, 11) is 3.05. The molecule has 0 radical (unpaired) electrons. The SMILES string of the molecule is COC(=O)C(CC1COC1)c1cc(C)ccc1OC. The lowest BCUT2D eigenvalue weighted by atomic mass is 9.86. The molecular formula is C15H20O4. The van der Waals surface area contributed by atoms with Gasteiger partial charge in [-0.25, -0.2) is 0 Å². The number of carbonyl (C=O) groups excluding carboxylic acids is 1. The van der Waals surface area contributed by atoms with Gasteiger partial charge in [0.1, 0.15) is 5.75 Å². The second-order valence-electron chi connectivity index (χ2n) is 4.96. The molecule has 4 nitrogen and oxygen atoms in total. The second kappa shape index (κ2) is 6.06. The minimum Gasteiger partial charge on any atom is -0.496 e. The second-order valence-corrected chi connectivity index (χ2v) is 4.96. The highest BCUT2D eigenvalue weighted by Crippen LogP contribution is 2.34. The summed E-state index contributed by atoms with van der Waals surface area (Å²) in [5.41, 5.74) is 2.01. The van der Waals surface area contributed by atoms with Crippen LogP contribution in [0.2, 0.25) is 0 Å². The first-order valence-corrected chi connectivity index (χ1v) is 6.45. The van der Waals surface area contributed by atoms with Gasteiger partial charge in [-0.3, -0.25) is 4.79 Å². The molecule has 104 valence electrons. The van der Waals surface area contributed by atoms with Gasteiger partial charge in [-0.05, 0) is 19.4 Å². The van der Waals surface area contributed by atoms with Crippen LogP contribution in [-0.2, 0) is 14.3 Å². The fraction of sp³-hybridized carbons (Fsp3) is 0.533. The summed E-state index contributed by atoms with van der Waals surface area (Å²) in [6.45, 7) is 3.45. The molecule has 1 aliphatic heterocycles. The van der Waals surface area contributed by atoms with Crippen LogP contribution in [0.25, 0.3) is 0 Å². The fourth-order valence-electron chi connectivity index (χ4n) is 2.37. The average molecular weight is 264 g/mol. The molecule has 1 unspecified atom stereocenters. The number of benzene rings is 1. The van der Waals surface area contributed by atoms with Crippen LogP contribution >= 0.6 is 0 Å². The van der Waals surface area contributed by atoms with Gasteiger partial charge in [0.15, 0.2) is 0 Å². The van der Waals surface area contributed by atoms with Crippen LogP contribution in [0.4, 0.5) is 0 Å². The predicted octanol–water partition coefficient (Wildman–Crippen LogP) is 2.30. The Morgan fingerprint density at radius 3 is 2.68 bits per heavy atom. The lowest BCUT2D eigenvalue weighted by Crippen LogP contribution is -2.31. The lowest BCUT2D eigenvalue weighted by Gasteiger charge is -2.29. The van der Waals surface area contributed by atoms with E-state index in [9.17, 15) is 4.79 Å². The monoisotopic (exact) mass is 264 g/mol. The Morgan fingerprint density at radius 2 is 2.16 bits per heavy atom. The highest BCUT2D eigenvalue weighted by atomic mass is 16.5. The normalized spacial score (nSPS) is 16.6. The van der Waals surface area contributed by atoms with Gasteiger partial charge in [0.2, 0.25) is 0 Å². The maximum absolute atomic E-state index is 12.0. The number of ether oxygens (including phenoxy) is 3.